The van der Waals surface area contributed by atoms with Gasteiger partial charge in [0.05, 0.1) is 17.4 Å². The van der Waals surface area contributed by atoms with Crippen LogP contribution in [0.5, 0.6) is 0 Å². The molecule has 0 radical (unpaired) electrons. The Balaban J connectivity index is 1.29. The normalized spacial score (nSPS) is 22.9. The Hall–Kier alpha value is -1.62. The molecule has 2 unspecified atom stereocenters. The Morgan fingerprint density at radius 1 is 1.04 bits per heavy atom. The standard InChI is InChI=1S/C21H32N4O2S/c1-2-28(26,27)12-4-11-25-16-19-14-24(15-20(19)17-25)10-3-9-23-21-7-5-18(13-22)6-8-21/h5-8,19-20,23H,2-4,9-12,14-17H2,1H3. The number of benzene rings is 1. The Labute approximate surface area is 169 Å². The average Bonchev–Trinajstić information content (AvgIpc) is 3.24. The van der Waals surface area contributed by atoms with E-state index in [0.717, 1.165) is 63.1 Å². The van der Waals surface area contributed by atoms with Crippen LogP contribution in [0.3, 0.4) is 0 Å². The van der Waals surface area contributed by atoms with Crippen molar-refractivity contribution in [2.45, 2.75) is 19.8 Å². The third kappa shape index (κ3) is 5.94. The summed E-state index contributed by atoms with van der Waals surface area (Å²) in [5, 5.41) is 12.3. The van der Waals surface area contributed by atoms with Crippen LogP contribution in [-0.4, -0.2) is 75.5 Å². The predicted molar refractivity (Wildman–Crippen MR) is 113 cm³/mol. The lowest BCUT2D eigenvalue weighted by Crippen LogP contribution is -2.31. The van der Waals surface area contributed by atoms with E-state index in [2.05, 4.69) is 21.2 Å². The minimum Gasteiger partial charge on any atom is -0.385 e. The zero-order chi connectivity index (χ0) is 20.0. The molecule has 28 heavy (non-hydrogen) atoms. The Morgan fingerprint density at radius 3 is 2.14 bits per heavy atom. The number of rotatable bonds is 10. The SMILES string of the molecule is CCS(=O)(=O)CCCN1CC2CN(CCCNc3ccc(C#N)cc3)CC2C1. The van der Waals surface area contributed by atoms with Gasteiger partial charge in [-0.15, -0.1) is 0 Å². The van der Waals surface area contributed by atoms with Crippen molar-refractivity contribution in [3.05, 3.63) is 29.8 Å². The summed E-state index contributed by atoms with van der Waals surface area (Å²) in [6, 6.07) is 9.73. The molecule has 0 aliphatic carbocycles. The molecule has 1 aromatic carbocycles. The number of nitrogens with zero attached hydrogens (tertiary/aromatic N) is 3. The van der Waals surface area contributed by atoms with E-state index in [9.17, 15) is 8.42 Å². The summed E-state index contributed by atoms with van der Waals surface area (Å²) in [6.45, 7) is 9.29. The maximum atomic E-state index is 11.6. The number of likely N-dealkylation sites (tertiary alicyclic amines) is 2. The maximum Gasteiger partial charge on any atom is 0.150 e. The molecule has 2 fully saturated rings. The number of fused-ring (bicyclic) bond motifs is 1. The zero-order valence-corrected chi connectivity index (χ0v) is 17.6. The molecule has 0 saturated carbocycles. The topological polar surface area (TPSA) is 76.4 Å². The second kappa shape index (κ2) is 9.73. The number of hydrogen-bond acceptors (Lipinski definition) is 6. The fourth-order valence-corrected chi connectivity index (χ4v) is 5.26. The van der Waals surface area contributed by atoms with E-state index in [1.165, 1.54) is 13.1 Å². The minimum atomic E-state index is -2.83. The van der Waals surface area contributed by atoms with Gasteiger partial charge in [-0.2, -0.15) is 5.26 Å². The van der Waals surface area contributed by atoms with E-state index in [1.54, 1.807) is 6.92 Å². The van der Waals surface area contributed by atoms with Crippen LogP contribution in [0.4, 0.5) is 5.69 Å². The van der Waals surface area contributed by atoms with Gasteiger partial charge in [-0.3, -0.25) is 0 Å². The summed E-state index contributed by atoms with van der Waals surface area (Å²) >= 11 is 0. The molecule has 2 aliphatic heterocycles. The van der Waals surface area contributed by atoms with Gasteiger partial charge in [-0.1, -0.05) is 6.92 Å². The fourth-order valence-electron chi connectivity index (χ4n) is 4.40. The van der Waals surface area contributed by atoms with Gasteiger partial charge in [0.1, 0.15) is 9.84 Å². The van der Waals surface area contributed by atoms with Gasteiger partial charge in [-0.25, -0.2) is 8.42 Å². The van der Waals surface area contributed by atoms with E-state index < -0.39 is 9.84 Å². The smallest absolute Gasteiger partial charge is 0.150 e. The minimum absolute atomic E-state index is 0.257. The molecule has 0 bridgehead atoms. The van der Waals surface area contributed by atoms with Crippen molar-refractivity contribution in [3.63, 3.8) is 0 Å². The highest BCUT2D eigenvalue weighted by Crippen LogP contribution is 2.31. The van der Waals surface area contributed by atoms with Crippen molar-refractivity contribution in [3.8, 4) is 6.07 Å². The lowest BCUT2D eigenvalue weighted by Gasteiger charge is -2.21. The van der Waals surface area contributed by atoms with Crippen molar-refractivity contribution in [1.82, 2.24) is 9.80 Å². The van der Waals surface area contributed by atoms with E-state index in [0.29, 0.717) is 11.3 Å². The molecule has 2 aliphatic rings. The van der Waals surface area contributed by atoms with Crippen molar-refractivity contribution in [1.29, 1.82) is 5.26 Å². The van der Waals surface area contributed by atoms with E-state index in [1.807, 2.05) is 24.3 Å². The molecule has 2 heterocycles. The first-order chi connectivity index (χ1) is 13.5. The highest BCUT2D eigenvalue weighted by molar-refractivity contribution is 7.91. The molecular formula is C21H32N4O2S. The molecule has 0 amide bonds. The van der Waals surface area contributed by atoms with Crippen LogP contribution in [0.1, 0.15) is 25.3 Å². The summed E-state index contributed by atoms with van der Waals surface area (Å²) in [4.78, 5) is 5.04. The van der Waals surface area contributed by atoms with Crippen LogP contribution in [0.25, 0.3) is 0 Å². The second-order valence-corrected chi connectivity index (χ2v) is 10.6. The molecule has 7 heteroatoms. The largest absolute Gasteiger partial charge is 0.385 e. The van der Waals surface area contributed by atoms with Crippen LogP contribution in [0.2, 0.25) is 0 Å². The lowest BCUT2D eigenvalue weighted by atomic mass is 10.0. The van der Waals surface area contributed by atoms with Gasteiger partial charge >= 0.3 is 0 Å². The van der Waals surface area contributed by atoms with Crippen LogP contribution in [0.15, 0.2) is 24.3 Å². The van der Waals surface area contributed by atoms with Gasteiger partial charge in [0.15, 0.2) is 0 Å². The van der Waals surface area contributed by atoms with Crippen molar-refractivity contribution >= 4 is 15.5 Å². The number of nitrogens with one attached hydrogen (secondary N) is 1. The summed E-state index contributed by atoms with van der Waals surface area (Å²) in [5.74, 6) is 2.07. The first-order valence-corrected chi connectivity index (χ1v) is 12.2. The van der Waals surface area contributed by atoms with Crippen molar-refractivity contribution in [2.24, 2.45) is 11.8 Å². The first kappa shape index (κ1) is 21.1. The third-order valence-electron chi connectivity index (χ3n) is 6.00. The average molecular weight is 405 g/mol. The Morgan fingerprint density at radius 2 is 1.61 bits per heavy atom. The summed E-state index contributed by atoms with van der Waals surface area (Å²) < 4.78 is 23.2. The highest BCUT2D eigenvalue weighted by Gasteiger charge is 2.39. The number of nitriles is 1. The molecule has 6 nitrogen and oxygen atoms in total. The molecule has 3 rings (SSSR count). The predicted octanol–water partition coefficient (Wildman–Crippen LogP) is 2.05. The van der Waals surface area contributed by atoms with Crippen LogP contribution in [-0.2, 0) is 9.84 Å². The van der Waals surface area contributed by atoms with Crippen molar-refractivity contribution < 1.29 is 8.42 Å². The Bertz CT molecular complexity index is 759. The number of sulfone groups is 1. The number of hydrogen-bond donors (Lipinski definition) is 1. The van der Waals surface area contributed by atoms with E-state index in [-0.39, 0.29) is 5.75 Å². The third-order valence-corrected chi connectivity index (χ3v) is 7.79. The van der Waals surface area contributed by atoms with Gasteiger partial charge in [0.2, 0.25) is 0 Å². The molecule has 2 saturated heterocycles. The molecule has 2 atom stereocenters. The summed E-state index contributed by atoms with van der Waals surface area (Å²) in [7, 11) is -2.83. The molecule has 0 spiro atoms. The van der Waals surface area contributed by atoms with Crippen LogP contribution >= 0.6 is 0 Å². The highest BCUT2D eigenvalue weighted by atomic mass is 32.2. The van der Waals surface area contributed by atoms with Gasteiger partial charge in [0.25, 0.3) is 0 Å². The Kier molecular flexibility index (Phi) is 7.33. The lowest BCUT2D eigenvalue weighted by molar-refractivity contribution is 0.255. The van der Waals surface area contributed by atoms with Crippen LogP contribution < -0.4 is 5.32 Å². The molecule has 154 valence electrons. The maximum absolute atomic E-state index is 11.6. The van der Waals surface area contributed by atoms with Crippen molar-refractivity contribution in [2.75, 3.05) is 62.6 Å². The monoisotopic (exact) mass is 404 g/mol. The van der Waals surface area contributed by atoms with E-state index >= 15 is 0 Å². The first-order valence-electron chi connectivity index (χ1n) is 10.4. The molecule has 1 N–H and O–H groups in total. The summed E-state index contributed by atoms with van der Waals surface area (Å²) in [6.07, 6.45) is 1.87. The van der Waals surface area contributed by atoms with Gasteiger partial charge in [0, 0.05) is 44.2 Å². The molecule has 0 aromatic heterocycles. The van der Waals surface area contributed by atoms with Crippen LogP contribution in [0, 0.1) is 23.2 Å². The molecule has 1 aromatic rings. The molecular weight excluding hydrogens is 372 g/mol. The second-order valence-electron chi connectivity index (χ2n) is 8.10. The van der Waals surface area contributed by atoms with Gasteiger partial charge < -0.3 is 15.1 Å². The zero-order valence-electron chi connectivity index (χ0n) is 16.8. The number of anilines is 1. The fraction of sp³-hybridized carbons (Fsp3) is 0.667. The summed E-state index contributed by atoms with van der Waals surface area (Å²) in [5.41, 5.74) is 1.76. The quantitative estimate of drug-likeness (QED) is 0.602. The van der Waals surface area contributed by atoms with E-state index in [4.69, 9.17) is 5.26 Å². The van der Waals surface area contributed by atoms with Gasteiger partial charge in [-0.05, 0) is 62.0 Å².